The third-order valence-electron chi connectivity index (χ3n) is 3.52. The Balaban J connectivity index is 4.20. The molecule has 0 fully saturated rings. The molecule has 0 saturated carbocycles. The van der Waals surface area contributed by atoms with E-state index < -0.39 is 12.2 Å². The lowest BCUT2D eigenvalue weighted by atomic mass is 9.86. The summed E-state index contributed by atoms with van der Waals surface area (Å²) in [7, 11) is 1.83. The van der Waals surface area contributed by atoms with Gasteiger partial charge < -0.3 is 15.5 Å². The molecule has 3 heteroatoms. The van der Waals surface area contributed by atoms with E-state index in [1.54, 1.807) is 6.92 Å². The van der Waals surface area contributed by atoms with Crippen LogP contribution in [0.2, 0.25) is 0 Å². The summed E-state index contributed by atoms with van der Waals surface area (Å²) in [5.74, 6) is 1.21. The smallest absolute Gasteiger partial charge is 0.0948 e. The first-order chi connectivity index (χ1) is 6.93. The van der Waals surface area contributed by atoms with Crippen LogP contribution in [0.25, 0.3) is 0 Å². The number of nitrogens with one attached hydrogen (secondary N) is 1. The maximum Gasteiger partial charge on any atom is 0.0948 e. The maximum absolute atomic E-state index is 9.78. The molecule has 3 N–H and O–H groups in total. The zero-order valence-corrected chi connectivity index (χ0v) is 10.7. The van der Waals surface area contributed by atoms with Gasteiger partial charge in [-0.2, -0.15) is 0 Å². The Morgan fingerprint density at radius 3 is 1.93 bits per heavy atom. The largest absolute Gasteiger partial charge is 0.391 e. The molecule has 0 heterocycles. The van der Waals surface area contributed by atoms with Crippen LogP contribution in [0.1, 0.15) is 40.5 Å². The highest BCUT2D eigenvalue weighted by Gasteiger charge is 2.25. The van der Waals surface area contributed by atoms with E-state index in [4.69, 9.17) is 0 Å². The fourth-order valence-electron chi connectivity index (χ4n) is 1.80. The molecule has 0 spiro atoms. The molecule has 0 aromatic rings. The lowest BCUT2D eigenvalue weighted by Crippen LogP contribution is -2.45. The molecule has 0 aromatic heterocycles. The van der Waals surface area contributed by atoms with Gasteiger partial charge in [-0.3, -0.25) is 0 Å². The van der Waals surface area contributed by atoms with E-state index in [1.165, 1.54) is 0 Å². The van der Waals surface area contributed by atoms with E-state index in [9.17, 15) is 10.2 Å². The molecule has 5 unspecified atom stereocenters. The fourth-order valence-corrected chi connectivity index (χ4v) is 1.80. The molecule has 3 nitrogen and oxygen atoms in total. The van der Waals surface area contributed by atoms with Gasteiger partial charge in [0.05, 0.1) is 12.2 Å². The Morgan fingerprint density at radius 2 is 1.60 bits per heavy atom. The zero-order valence-electron chi connectivity index (χ0n) is 10.7. The number of aliphatic hydroxyl groups is 2. The van der Waals surface area contributed by atoms with Gasteiger partial charge in [0.2, 0.25) is 0 Å². The summed E-state index contributed by atoms with van der Waals surface area (Å²) >= 11 is 0. The molecule has 0 aliphatic carbocycles. The van der Waals surface area contributed by atoms with Gasteiger partial charge in [0, 0.05) is 6.04 Å². The van der Waals surface area contributed by atoms with Crippen molar-refractivity contribution in [2.24, 2.45) is 11.8 Å². The summed E-state index contributed by atoms with van der Waals surface area (Å²) in [6, 6.07) is -0.0194. The Morgan fingerprint density at radius 1 is 1.07 bits per heavy atom. The molecular formula is C12H27NO2. The van der Waals surface area contributed by atoms with E-state index in [2.05, 4.69) is 26.1 Å². The predicted molar refractivity (Wildman–Crippen MR) is 63.8 cm³/mol. The summed E-state index contributed by atoms with van der Waals surface area (Å²) in [5, 5.41) is 22.2. The minimum Gasteiger partial charge on any atom is -0.391 e. The lowest BCUT2D eigenvalue weighted by Gasteiger charge is -2.29. The van der Waals surface area contributed by atoms with Crippen molar-refractivity contribution in [1.82, 2.24) is 5.32 Å². The van der Waals surface area contributed by atoms with Crippen LogP contribution >= 0.6 is 0 Å². The topological polar surface area (TPSA) is 52.5 Å². The van der Waals surface area contributed by atoms with Crippen LogP contribution in [0.4, 0.5) is 0 Å². The van der Waals surface area contributed by atoms with E-state index >= 15 is 0 Å². The highest BCUT2D eigenvalue weighted by Crippen LogP contribution is 2.21. The van der Waals surface area contributed by atoms with E-state index in [0.717, 1.165) is 12.8 Å². The minimum atomic E-state index is -0.679. The van der Waals surface area contributed by atoms with Gasteiger partial charge in [-0.25, -0.2) is 0 Å². The number of hydrogen-bond acceptors (Lipinski definition) is 3. The van der Waals surface area contributed by atoms with Crippen molar-refractivity contribution in [3.63, 3.8) is 0 Å². The molecule has 92 valence electrons. The summed E-state index contributed by atoms with van der Waals surface area (Å²) in [6.45, 7) is 8.24. The van der Waals surface area contributed by atoms with E-state index in [0.29, 0.717) is 11.8 Å². The van der Waals surface area contributed by atoms with Crippen molar-refractivity contribution in [1.29, 1.82) is 0 Å². The van der Waals surface area contributed by atoms with Gasteiger partial charge in [0.25, 0.3) is 0 Å². The molecule has 0 saturated heterocycles. The van der Waals surface area contributed by atoms with Gasteiger partial charge in [0.15, 0.2) is 0 Å². The Bertz CT molecular complexity index is 162. The highest BCUT2D eigenvalue weighted by atomic mass is 16.3. The zero-order chi connectivity index (χ0) is 12.0. The number of aliphatic hydroxyl groups excluding tert-OH is 2. The van der Waals surface area contributed by atoms with Crippen molar-refractivity contribution in [3.8, 4) is 0 Å². The molecule has 0 rings (SSSR count). The Labute approximate surface area is 93.9 Å². The number of rotatable bonds is 7. The standard InChI is InChI=1S/C12H27NO2/c1-6-8(2)9(3)7-11(13-5)12(15)10(4)14/h8-15H,6-7H2,1-5H3. The summed E-state index contributed by atoms with van der Waals surface area (Å²) in [5.41, 5.74) is 0. The van der Waals surface area contributed by atoms with Crippen LogP contribution in [0, 0.1) is 11.8 Å². The average Bonchev–Trinajstić information content (AvgIpc) is 2.22. The second-order valence-electron chi connectivity index (χ2n) is 4.72. The predicted octanol–water partition coefficient (Wildman–Crippen LogP) is 1.39. The lowest BCUT2D eigenvalue weighted by molar-refractivity contribution is 0.00156. The third-order valence-corrected chi connectivity index (χ3v) is 3.52. The SMILES string of the molecule is CCC(C)C(C)CC(NC)C(O)C(C)O. The molecule has 0 bridgehead atoms. The number of likely N-dealkylation sites (N-methyl/N-ethyl adjacent to an activating group) is 1. The van der Waals surface area contributed by atoms with Gasteiger partial charge in [-0.1, -0.05) is 27.2 Å². The number of hydrogen-bond donors (Lipinski definition) is 3. The van der Waals surface area contributed by atoms with Gasteiger partial charge in [-0.15, -0.1) is 0 Å². The van der Waals surface area contributed by atoms with Crippen molar-refractivity contribution in [2.75, 3.05) is 7.05 Å². The van der Waals surface area contributed by atoms with E-state index in [1.807, 2.05) is 7.05 Å². The van der Waals surface area contributed by atoms with Crippen molar-refractivity contribution >= 4 is 0 Å². The summed E-state index contributed by atoms with van der Waals surface area (Å²) < 4.78 is 0. The first kappa shape index (κ1) is 14.9. The van der Waals surface area contributed by atoms with Crippen molar-refractivity contribution in [2.45, 2.75) is 58.8 Å². The summed E-state index contributed by atoms with van der Waals surface area (Å²) in [4.78, 5) is 0. The monoisotopic (exact) mass is 217 g/mol. The quantitative estimate of drug-likeness (QED) is 0.604. The Kier molecular flexibility index (Phi) is 7.14. The molecule has 0 radical (unpaired) electrons. The summed E-state index contributed by atoms with van der Waals surface area (Å²) in [6.07, 6.45) is 0.702. The van der Waals surface area contributed by atoms with Crippen LogP contribution in [0.3, 0.4) is 0 Å². The van der Waals surface area contributed by atoms with Crippen LogP contribution in [-0.2, 0) is 0 Å². The van der Waals surface area contributed by atoms with Crippen LogP contribution < -0.4 is 5.32 Å². The van der Waals surface area contributed by atoms with Gasteiger partial charge >= 0.3 is 0 Å². The average molecular weight is 217 g/mol. The Hall–Kier alpha value is -0.120. The first-order valence-corrected chi connectivity index (χ1v) is 5.97. The van der Waals surface area contributed by atoms with Crippen molar-refractivity contribution < 1.29 is 10.2 Å². The molecule has 15 heavy (non-hydrogen) atoms. The second kappa shape index (κ2) is 7.20. The fraction of sp³-hybridized carbons (Fsp3) is 1.00. The molecule has 5 atom stereocenters. The highest BCUT2D eigenvalue weighted by molar-refractivity contribution is 4.81. The maximum atomic E-state index is 9.78. The molecular weight excluding hydrogens is 190 g/mol. The molecule has 0 aromatic carbocycles. The van der Waals surface area contributed by atoms with Crippen LogP contribution in [-0.4, -0.2) is 35.5 Å². The third kappa shape index (κ3) is 4.96. The van der Waals surface area contributed by atoms with Gasteiger partial charge in [0.1, 0.15) is 0 Å². The molecule has 0 amide bonds. The normalized spacial score (nSPS) is 21.8. The molecule has 0 aliphatic heterocycles. The van der Waals surface area contributed by atoms with E-state index in [-0.39, 0.29) is 6.04 Å². The van der Waals surface area contributed by atoms with Crippen LogP contribution in [0.5, 0.6) is 0 Å². The molecule has 0 aliphatic rings. The van der Waals surface area contributed by atoms with Crippen LogP contribution in [0.15, 0.2) is 0 Å². The van der Waals surface area contributed by atoms with Crippen molar-refractivity contribution in [3.05, 3.63) is 0 Å². The second-order valence-corrected chi connectivity index (χ2v) is 4.72. The van der Waals surface area contributed by atoms with Gasteiger partial charge in [-0.05, 0) is 32.2 Å². The first-order valence-electron chi connectivity index (χ1n) is 5.97. The minimum absolute atomic E-state index is 0.0194.